The van der Waals surface area contributed by atoms with Gasteiger partial charge in [0, 0.05) is 26.1 Å². The van der Waals surface area contributed by atoms with Gasteiger partial charge in [-0.2, -0.15) is 0 Å². The summed E-state index contributed by atoms with van der Waals surface area (Å²) in [7, 11) is 0. The van der Waals surface area contributed by atoms with Gasteiger partial charge in [-0.3, -0.25) is 4.90 Å². The monoisotopic (exact) mass is 211 g/mol. The lowest BCUT2D eigenvalue weighted by Crippen LogP contribution is -2.53. The van der Waals surface area contributed by atoms with Gasteiger partial charge in [0.2, 0.25) is 0 Å². The van der Waals surface area contributed by atoms with Crippen LogP contribution in [0.4, 0.5) is 0 Å². The topological polar surface area (TPSA) is 32.7 Å². The lowest BCUT2D eigenvalue weighted by Gasteiger charge is -2.42. The number of aliphatic hydroxyl groups excluding tert-OH is 1. The maximum absolute atomic E-state index is 9.13. The third-order valence-electron chi connectivity index (χ3n) is 2.49. The smallest absolute Gasteiger partial charge is 0.0940 e. The average molecular weight is 211 g/mol. The Kier molecular flexibility index (Phi) is 4.59. The minimum atomic E-state index is -0.161. The molecule has 1 N–H and O–H groups in total. The van der Waals surface area contributed by atoms with Crippen LogP contribution in [-0.2, 0) is 4.74 Å². The zero-order valence-electron chi connectivity index (χ0n) is 9.92. The van der Waals surface area contributed by atoms with E-state index in [1.165, 1.54) is 0 Å². The van der Waals surface area contributed by atoms with E-state index in [4.69, 9.17) is 9.84 Å². The maximum Gasteiger partial charge on any atom is 0.0940 e. The van der Waals surface area contributed by atoms with Crippen molar-refractivity contribution in [3.63, 3.8) is 0 Å². The van der Waals surface area contributed by atoms with Gasteiger partial charge in [-0.1, -0.05) is 0 Å². The second-order valence-electron chi connectivity index (χ2n) is 4.59. The predicted molar refractivity (Wildman–Crippen MR) is 60.5 cm³/mol. The van der Waals surface area contributed by atoms with E-state index in [1.54, 1.807) is 0 Å². The Balaban J connectivity index is 2.45. The highest BCUT2D eigenvalue weighted by atomic mass is 16.5. The van der Waals surface area contributed by atoms with Crippen molar-refractivity contribution in [3.05, 3.63) is 0 Å². The number of ether oxygens (including phenoxy) is 1. The number of aliphatic hydroxyl groups is 1. The van der Waals surface area contributed by atoms with Gasteiger partial charge in [0.05, 0.1) is 18.3 Å². The average Bonchev–Trinajstić information content (AvgIpc) is 2.16. The minimum absolute atomic E-state index is 0.0525. The first-order chi connectivity index (χ1) is 7.07. The van der Waals surface area contributed by atoms with Crippen molar-refractivity contribution in [2.75, 3.05) is 26.2 Å². The Morgan fingerprint density at radius 2 is 2.27 bits per heavy atom. The molecule has 1 rings (SSSR count). The second kappa shape index (κ2) is 5.50. The zero-order chi connectivity index (χ0) is 11.3. The first-order valence-corrected chi connectivity index (χ1v) is 5.48. The van der Waals surface area contributed by atoms with Crippen molar-refractivity contribution in [3.8, 4) is 11.8 Å². The van der Waals surface area contributed by atoms with Crippen LogP contribution in [0.15, 0.2) is 0 Å². The number of hydrogen-bond donors (Lipinski definition) is 1. The SMILES string of the molecule is CC#CCCN1CC(CO)OC(C)(C)C1. The van der Waals surface area contributed by atoms with E-state index < -0.39 is 0 Å². The number of hydrogen-bond acceptors (Lipinski definition) is 3. The molecule has 0 spiro atoms. The molecule has 3 nitrogen and oxygen atoms in total. The van der Waals surface area contributed by atoms with E-state index in [0.29, 0.717) is 0 Å². The molecule has 1 unspecified atom stereocenters. The molecule has 0 amide bonds. The molecule has 1 aliphatic rings. The lowest BCUT2D eigenvalue weighted by molar-refractivity contribution is -0.148. The maximum atomic E-state index is 9.13. The summed E-state index contributed by atoms with van der Waals surface area (Å²) in [6.07, 6.45) is 0.841. The number of rotatable bonds is 3. The zero-order valence-corrected chi connectivity index (χ0v) is 9.92. The summed E-state index contributed by atoms with van der Waals surface area (Å²) in [5, 5.41) is 9.13. The van der Waals surface area contributed by atoms with Gasteiger partial charge in [-0.15, -0.1) is 11.8 Å². The highest BCUT2D eigenvalue weighted by molar-refractivity contribution is 4.96. The van der Waals surface area contributed by atoms with Crippen LogP contribution in [0.2, 0.25) is 0 Å². The number of nitrogens with zero attached hydrogens (tertiary/aromatic N) is 1. The van der Waals surface area contributed by atoms with Crippen LogP contribution in [0.5, 0.6) is 0 Å². The second-order valence-corrected chi connectivity index (χ2v) is 4.59. The number of morpholine rings is 1. The largest absolute Gasteiger partial charge is 0.394 e. The molecular weight excluding hydrogens is 190 g/mol. The molecule has 1 aliphatic heterocycles. The van der Waals surface area contributed by atoms with Crippen LogP contribution >= 0.6 is 0 Å². The molecule has 1 atom stereocenters. The highest BCUT2D eigenvalue weighted by Crippen LogP contribution is 2.20. The molecule has 1 heterocycles. The molecule has 1 saturated heterocycles. The summed E-state index contributed by atoms with van der Waals surface area (Å²) in [4.78, 5) is 2.31. The molecule has 0 aliphatic carbocycles. The van der Waals surface area contributed by atoms with Crippen LogP contribution < -0.4 is 0 Å². The first-order valence-electron chi connectivity index (χ1n) is 5.48. The quantitative estimate of drug-likeness (QED) is 0.703. The molecule has 1 fully saturated rings. The van der Waals surface area contributed by atoms with Crippen LogP contribution in [0.25, 0.3) is 0 Å². The van der Waals surface area contributed by atoms with Crippen LogP contribution in [-0.4, -0.2) is 48.0 Å². The van der Waals surface area contributed by atoms with Crippen LogP contribution in [0, 0.1) is 11.8 Å². The normalized spacial score (nSPS) is 25.7. The summed E-state index contributed by atoms with van der Waals surface area (Å²) in [5.41, 5.74) is -0.161. The van der Waals surface area contributed by atoms with Gasteiger partial charge < -0.3 is 9.84 Å². The van der Waals surface area contributed by atoms with Gasteiger partial charge in [-0.05, 0) is 20.8 Å². The molecule has 0 saturated carbocycles. The van der Waals surface area contributed by atoms with E-state index in [0.717, 1.165) is 26.1 Å². The highest BCUT2D eigenvalue weighted by Gasteiger charge is 2.32. The molecule has 0 radical (unpaired) electrons. The van der Waals surface area contributed by atoms with E-state index in [2.05, 4.69) is 30.6 Å². The molecule has 0 aromatic heterocycles. The molecule has 3 heteroatoms. The predicted octanol–water partition coefficient (Wildman–Crippen LogP) is 0.871. The first kappa shape index (κ1) is 12.5. The van der Waals surface area contributed by atoms with Crippen molar-refractivity contribution in [2.45, 2.75) is 38.9 Å². The van der Waals surface area contributed by atoms with Gasteiger partial charge in [0.1, 0.15) is 0 Å². The van der Waals surface area contributed by atoms with E-state index >= 15 is 0 Å². The van der Waals surface area contributed by atoms with Crippen molar-refractivity contribution in [1.82, 2.24) is 4.90 Å². The minimum Gasteiger partial charge on any atom is -0.394 e. The summed E-state index contributed by atoms with van der Waals surface area (Å²) < 4.78 is 5.73. The molecule has 0 aromatic carbocycles. The van der Waals surface area contributed by atoms with Gasteiger partial charge in [0.25, 0.3) is 0 Å². The summed E-state index contributed by atoms with van der Waals surface area (Å²) in [5.74, 6) is 5.96. The third kappa shape index (κ3) is 4.21. The summed E-state index contributed by atoms with van der Waals surface area (Å²) in [6.45, 7) is 8.77. The van der Waals surface area contributed by atoms with E-state index in [-0.39, 0.29) is 18.3 Å². The molecule has 86 valence electrons. The van der Waals surface area contributed by atoms with Crippen molar-refractivity contribution < 1.29 is 9.84 Å². The van der Waals surface area contributed by atoms with Gasteiger partial charge in [0.15, 0.2) is 0 Å². The Hall–Kier alpha value is -0.560. The fourth-order valence-electron chi connectivity index (χ4n) is 2.02. The van der Waals surface area contributed by atoms with Crippen molar-refractivity contribution in [1.29, 1.82) is 0 Å². The van der Waals surface area contributed by atoms with Crippen LogP contribution in [0.1, 0.15) is 27.2 Å². The van der Waals surface area contributed by atoms with Crippen molar-refractivity contribution >= 4 is 0 Å². The fraction of sp³-hybridized carbons (Fsp3) is 0.833. The molecule has 0 aromatic rings. The standard InChI is InChI=1S/C12H21NO2/c1-4-5-6-7-13-8-11(9-14)15-12(2,3)10-13/h11,14H,6-10H2,1-3H3. The molecule has 15 heavy (non-hydrogen) atoms. The fourth-order valence-corrected chi connectivity index (χ4v) is 2.02. The Bertz CT molecular complexity index is 252. The van der Waals surface area contributed by atoms with Crippen molar-refractivity contribution in [2.24, 2.45) is 0 Å². The van der Waals surface area contributed by atoms with Crippen LogP contribution in [0.3, 0.4) is 0 Å². The summed E-state index contributed by atoms with van der Waals surface area (Å²) in [6, 6.07) is 0. The molecule has 0 bridgehead atoms. The van der Waals surface area contributed by atoms with E-state index in [1.807, 2.05) is 6.92 Å². The van der Waals surface area contributed by atoms with Gasteiger partial charge in [-0.25, -0.2) is 0 Å². The third-order valence-corrected chi connectivity index (χ3v) is 2.49. The van der Waals surface area contributed by atoms with E-state index in [9.17, 15) is 0 Å². The van der Waals surface area contributed by atoms with Gasteiger partial charge >= 0.3 is 0 Å². The Labute approximate surface area is 92.4 Å². The molecular formula is C12H21NO2. The lowest BCUT2D eigenvalue weighted by atomic mass is 10.1. The Morgan fingerprint density at radius 3 is 2.87 bits per heavy atom. The summed E-state index contributed by atoms with van der Waals surface area (Å²) >= 11 is 0. The Morgan fingerprint density at radius 1 is 1.53 bits per heavy atom.